The fourth-order valence-corrected chi connectivity index (χ4v) is 3.61. The molecule has 0 aromatic heterocycles. The highest BCUT2D eigenvalue weighted by Crippen LogP contribution is 2.40. The number of carbonyl (C=O) groups is 4. The molecule has 2 atom stereocenters. The van der Waals surface area contributed by atoms with Crippen LogP contribution >= 0.6 is 11.8 Å². The third-order valence-electron chi connectivity index (χ3n) is 3.31. The number of fused-ring (bicyclic) bond motifs is 1. The number of carbonyl (C=O) groups excluding carboxylic acids is 3. The molecule has 0 aromatic carbocycles. The van der Waals surface area contributed by atoms with Crippen molar-refractivity contribution in [1.82, 2.24) is 10.2 Å². The minimum Gasteiger partial charge on any atom is -0.477 e. The number of hydrogen-bond acceptors (Lipinski definition) is 7. The number of amides is 2. The van der Waals surface area contributed by atoms with Gasteiger partial charge in [0.25, 0.3) is 5.91 Å². The van der Waals surface area contributed by atoms with E-state index in [2.05, 4.69) is 11.9 Å². The van der Waals surface area contributed by atoms with E-state index in [0.29, 0.717) is 5.57 Å². The zero-order valence-electron chi connectivity index (χ0n) is 12.8. The molecule has 1 fully saturated rings. The average Bonchev–Trinajstić information content (AvgIpc) is 2.54. The Morgan fingerprint density at radius 1 is 1.46 bits per heavy atom. The van der Waals surface area contributed by atoms with Gasteiger partial charge < -0.3 is 19.9 Å². The summed E-state index contributed by atoms with van der Waals surface area (Å²) in [5.41, 5.74) is 0.127. The molecule has 0 radical (unpaired) electrons. The van der Waals surface area contributed by atoms with E-state index in [-0.39, 0.29) is 24.7 Å². The van der Waals surface area contributed by atoms with Gasteiger partial charge in [0.1, 0.15) is 30.3 Å². The Labute approximate surface area is 141 Å². The van der Waals surface area contributed by atoms with Gasteiger partial charge in [-0.15, -0.1) is 11.8 Å². The van der Waals surface area contributed by atoms with Gasteiger partial charge in [-0.05, 0) is 0 Å². The minimum atomic E-state index is -1.29. The number of ether oxygens (including phenoxy) is 2. The SMILES string of the molecule is C=CCOC(=O)N[C@@H]1C(=O)N2C(C(=O)O)=C(COC(C)=O)CS[C@H]12. The van der Waals surface area contributed by atoms with Gasteiger partial charge in [0.2, 0.25) is 0 Å². The van der Waals surface area contributed by atoms with E-state index in [9.17, 15) is 24.3 Å². The van der Waals surface area contributed by atoms with Crippen LogP contribution in [0.5, 0.6) is 0 Å². The van der Waals surface area contributed by atoms with Crippen molar-refractivity contribution in [3.63, 3.8) is 0 Å². The van der Waals surface area contributed by atoms with E-state index in [1.54, 1.807) is 0 Å². The van der Waals surface area contributed by atoms with E-state index in [0.717, 1.165) is 4.90 Å². The first kappa shape index (κ1) is 17.9. The third-order valence-corrected chi connectivity index (χ3v) is 4.64. The smallest absolute Gasteiger partial charge is 0.408 e. The second kappa shape index (κ2) is 7.39. The minimum absolute atomic E-state index is 0.00107. The molecule has 0 bridgehead atoms. The predicted molar refractivity (Wildman–Crippen MR) is 82.9 cm³/mol. The molecule has 2 rings (SSSR count). The zero-order valence-corrected chi connectivity index (χ0v) is 13.6. The normalized spacial score (nSPS) is 22.2. The lowest BCUT2D eigenvalue weighted by Gasteiger charge is -2.49. The molecule has 2 amide bonds. The summed E-state index contributed by atoms with van der Waals surface area (Å²) in [7, 11) is 0. The number of esters is 1. The molecular weight excluding hydrogens is 340 g/mol. The lowest BCUT2D eigenvalue weighted by Crippen LogP contribution is -2.70. The fourth-order valence-electron chi connectivity index (χ4n) is 2.29. The molecule has 9 nitrogen and oxygen atoms in total. The highest BCUT2D eigenvalue weighted by atomic mass is 32.2. The fraction of sp³-hybridized carbons (Fsp3) is 0.429. The van der Waals surface area contributed by atoms with E-state index in [1.165, 1.54) is 24.8 Å². The van der Waals surface area contributed by atoms with Gasteiger partial charge in [0.15, 0.2) is 0 Å². The van der Waals surface area contributed by atoms with Crippen molar-refractivity contribution in [2.75, 3.05) is 19.0 Å². The zero-order chi connectivity index (χ0) is 17.9. The van der Waals surface area contributed by atoms with Crippen LogP contribution in [0.15, 0.2) is 23.9 Å². The summed E-state index contributed by atoms with van der Waals surface area (Å²) in [5, 5.41) is 11.2. The van der Waals surface area contributed by atoms with Crippen molar-refractivity contribution < 1.29 is 33.8 Å². The predicted octanol–water partition coefficient (Wildman–Crippen LogP) is 0.0841. The van der Waals surface area contributed by atoms with Crippen LogP contribution in [0.1, 0.15) is 6.92 Å². The number of hydrogen-bond donors (Lipinski definition) is 2. The number of carboxylic acid groups (broad SMARTS) is 1. The summed E-state index contributed by atoms with van der Waals surface area (Å²) >= 11 is 1.27. The van der Waals surface area contributed by atoms with Crippen LogP contribution in [-0.2, 0) is 23.9 Å². The third kappa shape index (κ3) is 3.53. The van der Waals surface area contributed by atoms with E-state index >= 15 is 0 Å². The maximum atomic E-state index is 12.2. The monoisotopic (exact) mass is 356 g/mol. The molecule has 2 N–H and O–H groups in total. The highest BCUT2D eigenvalue weighted by Gasteiger charge is 2.54. The number of rotatable bonds is 6. The molecule has 1 saturated heterocycles. The van der Waals surface area contributed by atoms with Gasteiger partial charge in [-0.2, -0.15) is 0 Å². The summed E-state index contributed by atoms with van der Waals surface area (Å²) in [6.45, 7) is 4.42. The van der Waals surface area contributed by atoms with E-state index in [1.807, 2.05) is 0 Å². The second-order valence-electron chi connectivity index (χ2n) is 4.96. The largest absolute Gasteiger partial charge is 0.477 e. The first-order valence-corrected chi connectivity index (χ1v) is 7.99. The Morgan fingerprint density at radius 2 is 2.17 bits per heavy atom. The number of aliphatic carboxylic acids is 1. The first-order chi connectivity index (χ1) is 11.4. The molecule has 0 aromatic rings. The van der Waals surface area contributed by atoms with Crippen LogP contribution in [0.3, 0.4) is 0 Å². The molecule has 130 valence electrons. The second-order valence-corrected chi connectivity index (χ2v) is 6.06. The molecule has 24 heavy (non-hydrogen) atoms. The molecule has 0 saturated carbocycles. The Bertz CT molecular complexity index is 631. The molecule has 0 spiro atoms. The number of nitrogens with one attached hydrogen (secondary N) is 1. The molecule has 10 heteroatoms. The summed E-state index contributed by atoms with van der Waals surface area (Å²) in [5.74, 6) is -2.12. The number of β-lactam (4-membered cyclic amide) rings is 1. The molecule has 0 aliphatic carbocycles. The summed E-state index contributed by atoms with van der Waals surface area (Å²) < 4.78 is 9.58. The van der Waals surface area contributed by atoms with Crippen LogP contribution in [0.2, 0.25) is 0 Å². The summed E-state index contributed by atoms with van der Waals surface area (Å²) in [6, 6.07) is -0.864. The van der Waals surface area contributed by atoms with Crippen molar-refractivity contribution >= 4 is 35.7 Å². The average molecular weight is 356 g/mol. The number of nitrogens with zero attached hydrogens (tertiary/aromatic N) is 1. The van der Waals surface area contributed by atoms with Crippen LogP contribution in [0, 0.1) is 0 Å². The maximum Gasteiger partial charge on any atom is 0.408 e. The van der Waals surface area contributed by atoms with Gasteiger partial charge in [-0.3, -0.25) is 14.5 Å². The van der Waals surface area contributed by atoms with Crippen LogP contribution < -0.4 is 5.32 Å². The van der Waals surface area contributed by atoms with Crippen molar-refractivity contribution in [3.05, 3.63) is 23.9 Å². The highest BCUT2D eigenvalue weighted by molar-refractivity contribution is 8.00. The first-order valence-electron chi connectivity index (χ1n) is 6.94. The quantitative estimate of drug-likeness (QED) is 0.390. The Balaban J connectivity index is 2.11. The standard InChI is InChI=1S/C14H16N2O7S/c1-3-4-22-14(21)15-9-11(18)16-10(13(19)20)8(5-23-7(2)17)6-24-12(9)16/h3,9,12H,1,4-6H2,2H3,(H,15,21)(H,19,20)/t9-,12-/m1/s1. The Kier molecular flexibility index (Phi) is 5.50. The van der Waals surface area contributed by atoms with Crippen LogP contribution in [-0.4, -0.2) is 64.3 Å². The Morgan fingerprint density at radius 3 is 2.75 bits per heavy atom. The van der Waals surface area contributed by atoms with Gasteiger partial charge in [-0.1, -0.05) is 12.7 Å². The van der Waals surface area contributed by atoms with Crippen LogP contribution in [0.25, 0.3) is 0 Å². The van der Waals surface area contributed by atoms with Crippen molar-refractivity contribution in [1.29, 1.82) is 0 Å². The lowest BCUT2D eigenvalue weighted by molar-refractivity contribution is -0.149. The van der Waals surface area contributed by atoms with Crippen LogP contribution in [0.4, 0.5) is 4.79 Å². The van der Waals surface area contributed by atoms with E-state index < -0.39 is 35.4 Å². The molecule has 2 aliphatic rings. The topological polar surface area (TPSA) is 122 Å². The Hall–Kier alpha value is -2.49. The molecule has 2 aliphatic heterocycles. The van der Waals surface area contributed by atoms with E-state index in [4.69, 9.17) is 9.47 Å². The summed E-state index contributed by atoms with van der Waals surface area (Å²) in [6.07, 6.45) is 0.608. The van der Waals surface area contributed by atoms with Crippen molar-refractivity contribution in [2.24, 2.45) is 0 Å². The van der Waals surface area contributed by atoms with Gasteiger partial charge in [-0.25, -0.2) is 9.59 Å². The lowest BCUT2D eigenvalue weighted by atomic mass is 10.0. The van der Waals surface area contributed by atoms with Gasteiger partial charge >= 0.3 is 18.0 Å². The maximum absolute atomic E-state index is 12.2. The van der Waals surface area contributed by atoms with Crippen molar-refractivity contribution in [2.45, 2.75) is 18.3 Å². The number of carboxylic acids is 1. The number of thioether (sulfide) groups is 1. The summed E-state index contributed by atoms with van der Waals surface area (Å²) in [4.78, 5) is 47.2. The van der Waals surface area contributed by atoms with Crippen molar-refractivity contribution in [3.8, 4) is 0 Å². The molecule has 2 heterocycles. The van der Waals surface area contributed by atoms with Gasteiger partial charge in [0.05, 0.1) is 0 Å². The van der Waals surface area contributed by atoms with Gasteiger partial charge in [0, 0.05) is 18.2 Å². The number of alkyl carbamates (subject to hydrolysis) is 1. The molecular formula is C14H16N2O7S. The molecule has 0 unspecified atom stereocenters.